The molecule has 1 N–H and O–H groups in total. The maximum absolute atomic E-state index is 13.9. The molecule has 2 aromatic heterocycles. The number of para-hydroxylation sites is 1. The van der Waals surface area contributed by atoms with Gasteiger partial charge in [-0.2, -0.15) is 4.98 Å². The van der Waals surface area contributed by atoms with Gasteiger partial charge in [0.05, 0.1) is 28.7 Å². The number of pyridine rings is 1. The van der Waals surface area contributed by atoms with E-state index in [9.17, 15) is 14.9 Å². The van der Waals surface area contributed by atoms with Crippen molar-refractivity contribution < 1.29 is 9.66 Å². The normalized spacial score (nSPS) is 17.7. The number of benzene rings is 2. The van der Waals surface area contributed by atoms with Crippen molar-refractivity contribution in [1.82, 2.24) is 19.4 Å². The molecule has 4 aromatic rings. The Bertz CT molecular complexity index is 1660. The van der Waals surface area contributed by atoms with E-state index in [1.165, 1.54) is 11.8 Å². The molecule has 2 saturated heterocycles. The Morgan fingerprint density at radius 1 is 1.10 bits per heavy atom. The average molecular weight is 556 g/mol. The zero-order valence-electron chi connectivity index (χ0n) is 23.2. The van der Waals surface area contributed by atoms with Crippen LogP contribution in [-0.4, -0.2) is 70.3 Å². The highest BCUT2D eigenvalue weighted by Crippen LogP contribution is 2.30. The van der Waals surface area contributed by atoms with E-state index in [-0.39, 0.29) is 28.5 Å². The van der Waals surface area contributed by atoms with Crippen LogP contribution in [0.15, 0.2) is 59.5 Å². The highest BCUT2D eigenvalue weighted by molar-refractivity contribution is 5.84. The van der Waals surface area contributed by atoms with Gasteiger partial charge in [0.15, 0.2) is 0 Å². The minimum atomic E-state index is -0.468. The fourth-order valence-corrected chi connectivity index (χ4v) is 5.70. The van der Waals surface area contributed by atoms with Crippen molar-refractivity contribution in [2.45, 2.75) is 32.4 Å². The number of likely N-dealkylation sites (N-methyl/N-ethyl adjacent to an activating group) is 1. The lowest BCUT2D eigenvalue weighted by atomic mass is 10.0. The van der Waals surface area contributed by atoms with Crippen LogP contribution in [0, 0.1) is 17.0 Å². The van der Waals surface area contributed by atoms with Crippen LogP contribution in [0.1, 0.15) is 18.4 Å². The van der Waals surface area contributed by atoms with Gasteiger partial charge in [-0.1, -0.05) is 12.1 Å². The molecule has 0 unspecified atom stereocenters. The number of ether oxygens (including phenoxy) is 1. The summed E-state index contributed by atoms with van der Waals surface area (Å²) >= 11 is 0. The van der Waals surface area contributed by atoms with Crippen LogP contribution in [0.3, 0.4) is 0 Å². The number of nitrogens with one attached hydrogen (secondary N) is 1. The molecular formula is C30H33N7O4. The summed E-state index contributed by atoms with van der Waals surface area (Å²) in [6.07, 6.45) is 3.28. The molecule has 0 amide bonds. The lowest BCUT2D eigenvalue weighted by molar-refractivity contribution is -0.384. The van der Waals surface area contributed by atoms with E-state index < -0.39 is 4.92 Å². The molecule has 0 bridgehead atoms. The largest absolute Gasteiger partial charge is 0.376 e. The van der Waals surface area contributed by atoms with Gasteiger partial charge in [0.25, 0.3) is 11.2 Å². The van der Waals surface area contributed by atoms with Gasteiger partial charge in [-0.3, -0.25) is 19.5 Å². The molecule has 212 valence electrons. The van der Waals surface area contributed by atoms with Gasteiger partial charge in [0.2, 0.25) is 5.95 Å². The molecule has 0 aliphatic carbocycles. The number of nitrogens with zero attached hydrogens (tertiary/aromatic N) is 6. The van der Waals surface area contributed by atoms with E-state index in [0.717, 1.165) is 50.3 Å². The van der Waals surface area contributed by atoms with Gasteiger partial charge < -0.3 is 19.9 Å². The highest BCUT2D eigenvalue weighted by Gasteiger charge is 2.24. The summed E-state index contributed by atoms with van der Waals surface area (Å²) in [5.74, 6) is 0.364. The van der Waals surface area contributed by atoms with Crippen LogP contribution in [0.4, 0.5) is 23.0 Å². The first-order valence-corrected chi connectivity index (χ1v) is 13.9. The Balaban J connectivity index is 1.37. The molecule has 2 aliphatic rings. The van der Waals surface area contributed by atoms with Gasteiger partial charge in [-0.05, 0) is 62.7 Å². The topological polar surface area (TPSA) is 119 Å². The number of rotatable bonds is 7. The van der Waals surface area contributed by atoms with Crippen LogP contribution in [0.5, 0.6) is 0 Å². The third-order valence-corrected chi connectivity index (χ3v) is 7.93. The van der Waals surface area contributed by atoms with Crippen LogP contribution in [0.2, 0.25) is 0 Å². The van der Waals surface area contributed by atoms with Gasteiger partial charge in [-0.25, -0.2) is 4.98 Å². The van der Waals surface area contributed by atoms with E-state index in [0.29, 0.717) is 30.1 Å². The average Bonchev–Trinajstić information content (AvgIpc) is 3.49. The quantitative estimate of drug-likeness (QED) is 0.262. The predicted molar refractivity (Wildman–Crippen MR) is 159 cm³/mol. The first kappa shape index (κ1) is 26.9. The van der Waals surface area contributed by atoms with E-state index in [4.69, 9.17) is 9.72 Å². The Kier molecular flexibility index (Phi) is 7.38. The highest BCUT2D eigenvalue weighted by atomic mass is 16.6. The fraction of sp³-hybridized carbons (Fsp3) is 0.367. The van der Waals surface area contributed by atoms with Gasteiger partial charge in [0.1, 0.15) is 5.65 Å². The lowest BCUT2D eigenvalue weighted by Crippen LogP contribution is -2.44. The first-order valence-electron chi connectivity index (χ1n) is 13.9. The summed E-state index contributed by atoms with van der Waals surface area (Å²) in [4.78, 5) is 39.2. The maximum atomic E-state index is 13.9. The Hall–Kier alpha value is -4.35. The maximum Gasteiger partial charge on any atom is 0.277 e. The number of nitro groups is 1. The molecule has 2 fully saturated rings. The third-order valence-electron chi connectivity index (χ3n) is 7.93. The molecule has 4 heterocycles. The number of aromatic nitrogens is 3. The van der Waals surface area contributed by atoms with Crippen molar-refractivity contribution in [3.63, 3.8) is 0 Å². The van der Waals surface area contributed by atoms with Crippen molar-refractivity contribution >= 4 is 34.0 Å². The number of piperazine rings is 1. The summed E-state index contributed by atoms with van der Waals surface area (Å²) in [5.41, 5.74) is 3.72. The third kappa shape index (κ3) is 5.50. The monoisotopic (exact) mass is 555 g/mol. The number of fused-ring (bicyclic) bond motifs is 1. The molecule has 11 heteroatoms. The van der Waals surface area contributed by atoms with Crippen molar-refractivity contribution in [2.75, 3.05) is 50.1 Å². The van der Waals surface area contributed by atoms with E-state index in [1.807, 2.05) is 6.07 Å². The predicted octanol–water partition coefficient (Wildman–Crippen LogP) is 4.35. The van der Waals surface area contributed by atoms with Crippen LogP contribution in [-0.2, 0) is 11.3 Å². The molecule has 2 aliphatic heterocycles. The summed E-state index contributed by atoms with van der Waals surface area (Å²) in [5, 5.41) is 15.7. The Morgan fingerprint density at radius 3 is 2.63 bits per heavy atom. The van der Waals surface area contributed by atoms with Crippen molar-refractivity contribution in [3.8, 4) is 11.1 Å². The SMILES string of the molecule is Cc1cc(Nc2ncc3cc(-c4ccccc4[N+](=O)[O-])c(=O)n(C[C@H]4CCCO4)c3n2)ccc1N1CCN(C)CC1. The number of anilines is 3. The molecular weight excluding hydrogens is 522 g/mol. The molecule has 41 heavy (non-hydrogen) atoms. The standard InChI is InChI=1S/C30H33N7O4/c1-20-16-22(9-10-26(20)35-13-11-34(2)12-14-35)32-30-31-18-21-17-25(24-7-3-4-8-27(24)37(39)40)29(38)36(28(21)33-30)19-23-6-5-15-41-23/h3-4,7-10,16-18,23H,5-6,11-15,19H2,1-2H3,(H,31,32,33)/t23-/m1/s1. The van der Waals surface area contributed by atoms with Crippen molar-refractivity contribution in [1.29, 1.82) is 0 Å². The minimum Gasteiger partial charge on any atom is -0.376 e. The summed E-state index contributed by atoms with van der Waals surface area (Å²) in [7, 11) is 2.15. The Labute approximate surface area is 237 Å². The van der Waals surface area contributed by atoms with Crippen molar-refractivity contribution in [2.24, 2.45) is 0 Å². The minimum absolute atomic E-state index is 0.123. The molecule has 1 atom stereocenters. The smallest absolute Gasteiger partial charge is 0.277 e. The number of hydrogen-bond donors (Lipinski definition) is 1. The first-order chi connectivity index (χ1) is 19.9. The van der Waals surface area contributed by atoms with Crippen LogP contribution >= 0.6 is 0 Å². The molecule has 0 saturated carbocycles. The van der Waals surface area contributed by atoms with Crippen LogP contribution in [0.25, 0.3) is 22.2 Å². The Morgan fingerprint density at radius 2 is 1.90 bits per heavy atom. The van der Waals surface area contributed by atoms with Crippen molar-refractivity contribution in [3.05, 3.63) is 80.8 Å². The number of hydrogen-bond acceptors (Lipinski definition) is 9. The van der Waals surface area contributed by atoms with Crippen LogP contribution < -0.4 is 15.8 Å². The fourth-order valence-electron chi connectivity index (χ4n) is 5.70. The zero-order valence-corrected chi connectivity index (χ0v) is 23.2. The molecule has 0 radical (unpaired) electrons. The summed E-state index contributed by atoms with van der Waals surface area (Å²) < 4.78 is 7.42. The van der Waals surface area contributed by atoms with Gasteiger partial charge >= 0.3 is 0 Å². The van der Waals surface area contributed by atoms with Gasteiger partial charge in [0, 0.05) is 61.8 Å². The van der Waals surface area contributed by atoms with E-state index in [1.54, 1.807) is 35.0 Å². The molecule has 6 rings (SSSR count). The zero-order chi connectivity index (χ0) is 28.5. The van der Waals surface area contributed by atoms with E-state index in [2.05, 4.69) is 46.2 Å². The second-order valence-electron chi connectivity index (χ2n) is 10.8. The van der Waals surface area contributed by atoms with E-state index >= 15 is 0 Å². The van der Waals surface area contributed by atoms with Gasteiger partial charge in [-0.15, -0.1) is 0 Å². The number of aryl methyl sites for hydroxylation is 1. The molecule has 0 spiro atoms. The summed E-state index contributed by atoms with van der Waals surface area (Å²) in [6.45, 7) is 7.12. The molecule has 2 aromatic carbocycles. The lowest BCUT2D eigenvalue weighted by Gasteiger charge is -2.35. The second kappa shape index (κ2) is 11.3. The second-order valence-corrected chi connectivity index (χ2v) is 10.8. The summed E-state index contributed by atoms with van der Waals surface area (Å²) in [6, 6.07) is 14.2. The molecule has 11 nitrogen and oxygen atoms in total. The number of nitro benzene ring substituents is 1.